The Bertz CT molecular complexity index is 515. The van der Waals surface area contributed by atoms with Crippen LogP contribution in [0.5, 0.6) is 0 Å². The van der Waals surface area contributed by atoms with Crippen molar-refractivity contribution in [2.75, 3.05) is 5.32 Å². The number of carboxylic acid groups (broad SMARTS) is 1. The number of anilines is 1. The summed E-state index contributed by atoms with van der Waals surface area (Å²) in [5.41, 5.74) is 1.89. The minimum Gasteiger partial charge on any atom is -0.481 e. The Kier molecular flexibility index (Phi) is 4.44. The van der Waals surface area contributed by atoms with Gasteiger partial charge in [0.15, 0.2) is 0 Å². The van der Waals surface area contributed by atoms with Crippen LogP contribution in [0.1, 0.15) is 24.8 Å². The summed E-state index contributed by atoms with van der Waals surface area (Å²) < 4.78 is 1.08. The van der Waals surface area contributed by atoms with E-state index in [1.54, 1.807) is 0 Å². The van der Waals surface area contributed by atoms with Crippen molar-refractivity contribution in [1.29, 1.82) is 0 Å². The highest BCUT2D eigenvalue weighted by atomic mass is 127. The maximum Gasteiger partial charge on any atom is 0.307 e. The smallest absolute Gasteiger partial charge is 0.307 e. The largest absolute Gasteiger partial charge is 0.481 e. The highest BCUT2D eigenvalue weighted by molar-refractivity contribution is 14.1. The third-order valence-corrected chi connectivity index (χ3v) is 4.77. The maximum absolute atomic E-state index is 12.1. The van der Waals surface area contributed by atoms with Gasteiger partial charge in [-0.05, 0) is 60.1 Å². The number of aliphatic carboxylic acids is 1. The Morgan fingerprint density at radius 2 is 2.00 bits per heavy atom. The van der Waals surface area contributed by atoms with E-state index in [-0.39, 0.29) is 5.91 Å². The summed E-state index contributed by atoms with van der Waals surface area (Å²) in [6.07, 6.45) is 2.06. The Morgan fingerprint density at radius 1 is 1.32 bits per heavy atom. The number of benzene rings is 1. The first-order chi connectivity index (χ1) is 8.99. The molecule has 0 bridgehead atoms. The molecule has 1 saturated carbocycles. The van der Waals surface area contributed by atoms with Gasteiger partial charge in [-0.25, -0.2) is 0 Å². The van der Waals surface area contributed by atoms with Gasteiger partial charge in [-0.2, -0.15) is 0 Å². The minimum atomic E-state index is -0.865. The van der Waals surface area contributed by atoms with Crippen LogP contribution in [0.3, 0.4) is 0 Å². The molecule has 0 heterocycles. The van der Waals surface area contributed by atoms with E-state index in [2.05, 4.69) is 27.9 Å². The number of nitrogens with one attached hydrogen (secondary N) is 1. The maximum atomic E-state index is 12.1. The normalized spacial score (nSPS) is 22.2. The van der Waals surface area contributed by atoms with Crippen LogP contribution in [0.4, 0.5) is 5.69 Å². The number of hydrogen-bond acceptors (Lipinski definition) is 2. The van der Waals surface area contributed by atoms with E-state index in [0.29, 0.717) is 12.8 Å². The second kappa shape index (κ2) is 5.90. The average Bonchev–Trinajstić information content (AvgIpc) is 2.83. The van der Waals surface area contributed by atoms with Crippen LogP contribution in [0, 0.1) is 22.3 Å². The minimum absolute atomic E-state index is 0.176. The molecule has 102 valence electrons. The summed E-state index contributed by atoms with van der Waals surface area (Å²) in [6, 6.07) is 5.69. The lowest BCUT2D eigenvalue weighted by atomic mass is 9.95. The Balaban J connectivity index is 2.08. The molecule has 0 aromatic heterocycles. The second-order valence-corrected chi connectivity index (χ2v) is 6.10. The van der Waals surface area contributed by atoms with Crippen molar-refractivity contribution in [2.45, 2.75) is 26.2 Å². The Hall–Kier alpha value is -1.11. The lowest BCUT2D eigenvalue weighted by Crippen LogP contribution is -2.30. The first-order valence-corrected chi connectivity index (χ1v) is 7.36. The molecule has 2 rings (SSSR count). The zero-order chi connectivity index (χ0) is 14.0. The molecule has 0 aliphatic heterocycles. The van der Waals surface area contributed by atoms with Gasteiger partial charge in [-0.15, -0.1) is 0 Å². The zero-order valence-corrected chi connectivity index (χ0v) is 12.8. The van der Waals surface area contributed by atoms with Crippen molar-refractivity contribution in [1.82, 2.24) is 0 Å². The van der Waals surface area contributed by atoms with Crippen LogP contribution in [-0.4, -0.2) is 17.0 Å². The van der Waals surface area contributed by atoms with Crippen LogP contribution in [-0.2, 0) is 9.59 Å². The van der Waals surface area contributed by atoms with E-state index in [1.165, 1.54) is 0 Å². The molecule has 2 unspecified atom stereocenters. The number of carboxylic acids is 1. The summed E-state index contributed by atoms with van der Waals surface area (Å²) in [5, 5.41) is 11.9. The summed E-state index contributed by atoms with van der Waals surface area (Å²) in [5.74, 6) is -1.98. The summed E-state index contributed by atoms with van der Waals surface area (Å²) >= 11 is 2.21. The molecule has 1 amide bonds. The van der Waals surface area contributed by atoms with Gasteiger partial charge >= 0.3 is 5.97 Å². The highest BCUT2D eigenvalue weighted by Crippen LogP contribution is 2.33. The van der Waals surface area contributed by atoms with Gasteiger partial charge in [0, 0.05) is 9.26 Å². The standard InChI is InChI=1S/C14H16INO3/c1-8-5-6-9(7-12(8)15)16-13(17)10-3-2-4-11(10)14(18)19/h5-7,10-11H,2-4H2,1H3,(H,16,17)(H,18,19). The fourth-order valence-corrected chi connectivity index (χ4v) is 2.99. The van der Waals surface area contributed by atoms with Crippen molar-refractivity contribution in [3.05, 3.63) is 27.3 Å². The molecule has 1 aromatic rings. The van der Waals surface area contributed by atoms with Crippen LogP contribution < -0.4 is 5.32 Å². The number of carbonyl (C=O) groups is 2. The fraction of sp³-hybridized carbons (Fsp3) is 0.429. The Morgan fingerprint density at radius 3 is 2.63 bits per heavy atom. The van der Waals surface area contributed by atoms with E-state index < -0.39 is 17.8 Å². The monoisotopic (exact) mass is 373 g/mol. The summed E-state index contributed by atoms with van der Waals surface area (Å²) in [4.78, 5) is 23.2. The lowest BCUT2D eigenvalue weighted by Gasteiger charge is -2.16. The number of hydrogen-bond donors (Lipinski definition) is 2. The molecule has 19 heavy (non-hydrogen) atoms. The van der Waals surface area contributed by atoms with Crippen molar-refractivity contribution in [3.63, 3.8) is 0 Å². The van der Waals surface area contributed by atoms with Crippen LogP contribution in [0.2, 0.25) is 0 Å². The third-order valence-electron chi connectivity index (χ3n) is 3.61. The summed E-state index contributed by atoms with van der Waals surface area (Å²) in [6.45, 7) is 2.00. The molecular weight excluding hydrogens is 357 g/mol. The van der Waals surface area contributed by atoms with Gasteiger partial charge in [0.05, 0.1) is 11.8 Å². The molecule has 5 heteroatoms. The number of aryl methyl sites for hydroxylation is 1. The predicted octanol–water partition coefficient (Wildman–Crippen LogP) is 3.04. The lowest BCUT2D eigenvalue weighted by molar-refractivity contribution is -0.145. The van der Waals surface area contributed by atoms with Crippen molar-refractivity contribution in [2.24, 2.45) is 11.8 Å². The van der Waals surface area contributed by atoms with Crippen molar-refractivity contribution in [3.8, 4) is 0 Å². The highest BCUT2D eigenvalue weighted by Gasteiger charge is 2.37. The van der Waals surface area contributed by atoms with Gasteiger partial charge in [0.1, 0.15) is 0 Å². The number of halogens is 1. The SMILES string of the molecule is Cc1ccc(NC(=O)C2CCCC2C(=O)O)cc1I. The van der Waals surface area contributed by atoms with E-state index in [4.69, 9.17) is 5.11 Å². The number of carbonyl (C=O) groups excluding carboxylic acids is 1. The van der Waals surface area contributed by atoms with E-state index in [9.17, 15) is 9.59 Å². The van der Waals surface area contributed by atoms with E-state index in [1.807, 2.05) is 25.1 Å². The van der Waals surface area contributed by atoms with Crippen molar-refractivity contribution < 1.29 is 14.7 Å². The van der Waals surface area contributed by atoms with E-state index in [0.717, 1.165) is 21.2 Å². The van der Waals surface area contributed by atoms with Gasteiger partial charge in [0.25, 0.3) is 0 Å². The average molecular weight is 373 g/mol. The van der Waals surface area contributed by atoms with Gasteiger partial charge in [-0.3, -0.25) is 9.59 Å². The zero-order valence-electron chi connectivity index (χ0n) is 10.6. The fourth-order valence-electron chi connectivity index (χ4n) is 2.48. The van der Waals surface area contributed by atoms with E-state index >= 15 is 0 Å². The molecule has 4 nitrogen and oxygen atoms in total. The molecule has 0 spiro atoms. The van der Waals surface area contributed by atoms with Crippen LogP contribution in [0.15, 0.2) is 18.2 Å². The quantitative estimate of drug-likeness (QED) is 0.801. The summed E-state index contributed by atoms with van der Waals surface area (Å²) in [7, 11) is 0. The molecule has 0 radical (unpaired) electrons. The molecule has 1 aliphatic rings. The van der Waals surface area contributed by atoms with Gasteiger partial charge in [0.2, 0.25) is 5.91 Å². The number of amides is 1. The first kappa shape index (κ1) is 14.3. The predicted molar refractivity (Wildman–Crippen MR) is 81.0 cm³/mol. The van der Waals surface area contributed by atoms with Crippen LogP contribution in [0.25, 0.3) is 0 Å². The topological polar surface area (TPSA) is 66.4 Å². The molecule has 1 aliphatic carbocycles. The van der Waals surface area contributed by atoms with Crippen LogP contribution >= 0.6 is 22.6 Å². The van der Waals surface area contributed by atoms with Gasteiger partial charge in [-0.1, -0.05) is 12.5 Å². The first-order valence-electron chi connectivity index (χ1n) is 6.29. The Labute approximate surface area is 125 Å². The third kappa shape index (κ3) is 3.26. The molecular formula is C14H16INO3. The molecule has 2 atom stereocenters. The molecule has 2 N–H and O–H groups in total. The molecule has 1 fully saturated rings. The molecule has 0 saturated heterocycles. The molecule has 1 aromatic carbocycles. The van der Waals surface area contributed by atoms with Crippen molar-refractivity contribution >= 4 is 40.2 Å². The van der Waals surface area contributed by atoms with Gasteiger partial charge < -0.3 is 10.4 Å². The second-order valence-electron chi connectivity index (χ2n) is 4.94. The number of rotatable bonds is 3.